The summed E-state index contributed by atoms with van der Waals surface area (Å²) in [4.78, 5) is 12.1. The van der Waals surface area contributed by atoms with E-state index in [2.05, 4.69) is 38.5 Å². The summed E-state index contributed by atoms with van der Waals surface area (Å²) in [5.41, 5.74) is 4.45. The van der Waals surface area contributed by atoms with Crippen molar-refractivity contribution in [3.05, 3.63) is 48.3 Å². The van der Waals surface area contributed by atoms with Crippen molar-refractivity contribution in [3.63, 3.8) is 0 Å². The fraction of sp³-hybridized carbons (Fsp3) is 0.250. The number of pyridine rings is 1. The average Bonchev–Trinajstić information content (AvgIpc) is 2.92. The molecule has 0 bridgehead atoms. The molecule has 0 unspecified atom stereocenters. The summed E-state index contributed by atoms with van der Waals surface area (Å²) in [6.07, 6.45) is 5.82. The van der Waals surface area contributed by atoms with Crippen LogP contribution in [0.3, 0.4) is 0 Å². The first-order valence-corrected chi connectivity index (χ1v) is 6.90. The third kappa shape index (κ3) is 2.70. The van der Waals surface area contributed by atoms with Crippen LogP contribution in [0.25, 0.3) is 22.4 Å². The number of aromatic nitrogens is 3. The molecule has 102 valence electrons. The zero-order valence-corrected chi connectivity index (χ0v) is 11.6. The summed E-state index contributed by atoms with van der Waals surface area (Å²) < 4.78 is 0. The number of benzene rings is 1. The Hall–Kier alpha value is -2.20. The minimum absolute atomic E-state index is 0.875. The molecule has 4 nitrogen and oxygen atoms in total. The van der Waals surface area contributed by atoms with Crippen molar-refractivity contribution in [2.24, 2.45) is 0 Å². The average molecular weight is 266 g/mol. The highest BCUT2D eigenvalue weighted by Gasteiger charge is 2.05. The molecule has 0 amide bonds. The summed E-state index contributed by atoms with van der Waals surface area (Å²) in [6.45, 7) is 1.04. The molecule has 0 radical (unpaired) electrons. The molecule has 0 aliphatic heterocycles. The van der Waals surface area contributed by atoms with Gasteiger partial charge in [0.2, 0.25) is 0 Å². The van der Waals surface area contributed by atoms with Gasteiger partial charge in [0, 0.05) is 18.0 Å². The van der Waals surface area contributed by atoms with Gasteiger partial charge in [-0.1, -0.05) is 6.07 Å². The highest BCUT2D eigenvalue weighted by Crippen LogP contribution is 2.20. The Bertz CT molecular complexity index is 688. The molecule has 2 N–H and O–H groups in total. The Balaban J connectivity index is 1.88. The van der Waals surface area contributed by atoms with Crippen LogP contribution in [0.15, 0.2) is 42.7 Å². The van der Waals surface area contributed by atoms with Crippen molar-refractivity contribution in [2.75, 3.05) is 13.6 Å². The lowest BCUT2D eigenvalue weighted by Gasteiger charge is -2.00. The molecule has 2 heterocycles. The summed E-state index contributed by atoms with van der Waals surface area (Å²) in [5.74, 6) is 0.875. The second kappa shape index (κ2) is 5.84. The maximum Gasteiger partial charge on any atom is 0.140 e. The van der Waals surface area contributed by atoms with Gasteiger partial charge in [0.05, 0.1) is 11.0 Å². The number of imidazole rings is 1. The standard InChI is InChI=1S/C16H18N4/c1-17-8-2-4-12-6-7-14-15(10-12)20-16(19-14)13-5-3-9-18-11-13/h3,5-7,9-11,17H,2,4,8H2,1H3,(H,19,20). The second-order valence-electron chi connectivity index (χ2n) is 4.89. The zero-order chi connectivity index (χ0) is 13.8. The minimum atomic E-state index is 0.875. The topological polar surface area (TPSA) is 53.6 Å². The first kappa shape index (κ1) is 12.8. The van der Waals surface area contributed by atoms with Crippen LogP contribution in [0.2, 0.25) is 0 Å². The number of hydrogen-bond acceptors (Lipinski definition) is 3. The Kier molecular flexibility index (Phi) is 3.74. The number of aryl methyl sites for hydroxylation is 1. The van der Waals surface area contributed by atoms with Crippen LogP contribution >= 0.6 is 0 Å². The molecule has 0 saturated carbocycles. The molecule has 0 fully saturated rings. The van der Waals surface area contributed by atoms with E-state index in [0.717, 1.165) is 41.8 Å². The largest absolute Gasteiger partial charge is 0.338 e. The lowest BCUT2D eigenvalue weighted by atomic mass is 10.1. The van der Waals surface area contributed by atoms with Crippen LogP contribution in [0.4, 0.5) is 0 Å². The van der Waals surface area contributed by atoms with Gasteiger partial charge in [-0.2, -0.15) is 0 Å². The van der Waals surface area contributed by atoms with Gasteiger partial charge in [0.15, 0.2) is 0 Å². The number of nitrogens with one attached hydrogen (secondary N) is 2. The van der Waals surface area contributed by atoms with Crippen molar-refractivity contribution in [2.45, 2.75) is 12.8 Å². The molecule has 0 aliphatic carbocycles. The first-order chi connectivity index (χ1) is 9.86. The van der Waals surface area contributed by atoms with Gasteiger partial charge in [0.1, 0.15) is 5.82 Å². The monoisotopic (exact) mass is 266 g/mol. The highest BCUT2D eigenvalue weighted by atomic mass is 14.9. The molecule has 1 aromatic carbocycles. The lowest BCUT2D eigenvalue weighted by molar-refractivity contribution is 0.725. The Labute approximate surface area is 118 Å². The fourth-order valence-electron chi connectivity index (χ4n) is 2.32. The lowest BCUT2D eigenvalue weighted by Crippen LogP contribution is -2.08. The third-order valence-electron chi connectivity index (χ3n) is 3.37. The van der Waals surface area contributed by atoms with E-state index >= 15 is 0 Å². The Morgan fingerprint density at radius 3 is 3.00 bits per heavy atom. The van der Waals surface area contributed by atoms with Crippen molar-refractivity contribution >= 4 is 11.0 Å². The normalized spacial score (nSPS) is 11.1. The maximum absolute atomic E-state index is 4.61. The highest BCUT2D eigenvalue weighted by molar-refractivity contribution is 5.79. The smallest absolute Gasteiger partial charge is 0.140 e. The molecule has 3 aromatic rings. The second-order valence-corrected chi connectivity index (χ2v) is 4.89. The SMILES string of the molecule is CNCCCc1ccc2nc(-c3cccnc3)[nH]c2c1. The molecule has 0 spiro atoms. The van der Waals surface area contributed by atoms with Crippen molar-refractivity contribution < 1.29 is 0 Å². The molecule has 4 heteroatoms. The summed E-state index contributed by atoms with van der Waals surface area (Å²) in [7, 11) is 1.98. The van der Waals surface area contributed by atoms with E-state index in [4.69, 9.17) is 0 Å². The summed E-state index contributed by atoms with van der Waals surface area (Å²) >= 11 is 0. The molecule has 0 atom stereocenters. The number of fused-ring (bicyclic) bond motifs is 1. The van der Waals surface area contributed by atoms with E-state index in [-0.39, 0.29) is 0 Å². The van der Waals surface area contributed by atoms with E-state index in [9.17, 15) is 0 Å². The predicted octanol–water partition coefficient (Wildman–Crippen LogP) is 2.78. The van der Waals surface area contributed by atoms with E-state index < -0.39 is 0 Å². The van der Waals surface area contributed by atoms with Crippen LogP contribution < -0.4 is 5.32 Å². The number of rotatable bonds is 5. The van der Waals surface area contributed by atoms with Gasteiger partial charge in [-0.15, -0.1) is 0 Å². The molecule has 3 rings (SSSR count). The minimum Gasteiger partial charge on any atom is -0.338 e. The summed E-state index contributed by atoms with van der Waals surface area (Å²) in [5, 5.41) is 3.17. The van der Waals surface area contributed by atoms with Crippen LogP contribution in [-0.2, 0) is 6.42 Å². The maximum atomic E-state index is 4.61. The summed E-state index contributed by atoms with van der Waals surface area (Å²) in [6, 6.07) is 10.4. The van der Waals surface area contributed by atoms with Gasteiger partial charge in [-0.25, -0.2) is 4.98 Å². The van der Waals surface area contributed by atoms with Crippen molar-refractivity contribution in [1.82, 2.24) is 20.3 Å². The quantitative estimate of drug-likeness (QED) is 0.698. The van der Waals surface area contributed by atoms with Gasteiger partial charge in [0.25, 0.3) is 0 Å². The number of hydrogen-bond donors (Lipinski definition) is 2. The Morgan fingerprint density at radius 2 is 2.20 bits per heavy atom. The molecule has 20 heavy (non-hydrogen) atoms. The molecular formula is C16H18N4. The Morgan fingerprint density at radius 1 is 1.25 bits per heavy atom. The molecular weight excluding hydrogens is 248 g/mol. The third-order valence-corrected chi connectivity index (χ3v) is 3.37. The number of nitrogens with zero attached hydrogens (tertiary/aromatic N) is 2. The van der Waals surface area contributed by atoms with Crippen molar-refractivity contribution in [1.29, 1.82) is 0 Å². The van der Waals surface area contributed by atoms with Crippen LogP contribution in [0.1, 0.15) is 12.0 Å². The van der Waals surface area contributed by atoms with Crippen LogP contribution in [0.5, 0.6) is 0 Å². The predicted molar refractivity (Wildman–Crippen MR) is 81.6 cm³/mol. The van der Waals surface area contributed by atoms with E-state index in [1.807, 2.05) is 25.4 Å². The van der Waals surface area contributed by atoms with Gasteiger partial charge < -0.3 is 10.3 Å². The van der Waals surface area contributed by atoms with E-state index in [1.165, 1.54) is 5.56 Å². The van der Waals surface area contributed by atoms with E-state index in [0.29, 0.717) is 0 Å². The van der Waals surface area contributed by atoms with Gasteiger partial charge in [-0.3, -0.25) is 4.98 Å². The van der Waals surface area contributed by atoms with Crippen LogP contribution in [-0.4, -0.2) is 28.5 Å². The van der Waals surface area contributed by atoms with Crippen LogP contribution in [0, 0.1) is 0 Å². The molecule has 0 saturated heterocycles. The number of H-pyrrole nitrogens is 1. The van der Waals surface area contributed by atoms with Gasteiger partial charge >= 0.3 is 0 Å². The van der Waals surface area contributed by atoms with E-state index in [1.54, 1.807) is 6.20 Å². The zero-order valence-electron chi connectivity index (χ0n) is 11.6. The van der Waals surface area contributed by atoms with Crippen molar-refractivity contribution in [3.8, 4) is 11.4 Å². The molecule has 0 aliphatic rings. The fourth-order valence-corrected chi connectivity index (χ4v) is 2.32. The number of aromatic amines is 1. The first-order valence-electron chi connectivity index (χ1n) is 6.90. The molecule has 2 aromatic heterocycles. The van der Waals surface area contributed by atoms with Gasteiger partial charge in [-0.05, 0) is 56.3 Å².